The number of likely N-dealkylation sites (N-methyl/N-ethyl adjacent to an activating group) is 1. The average molecular weight is 385 g/mol. The van der Waals surface area contributed by atoms with Crippen LogP contribution in [0.5, 0.6) is 0 Å². The molecule has 1 saturated heterocycles. The fourth-order valence-electron chi connectivity index (χ4n) is 3.83. The molecule has 2 aromatic rings. The molecular formula is C22H28FN3O2. The number of ether oxygens (including phenoxy) is 1. The van der Waals surface area contributed by atoms with Crippen molar-refractivity contribution in [2.45, 2.75) is 38.5 Å². The number of halogens is 1. The summed E-state index contributed by atoms with van der Waals surface area (Å²) in [5.74, 6) is -0.341. The van der Waals surface area contributed by atoms with Gasteiger partial charge in [-0.25, -0.2) is 4.39 Å². The summed E-state index contributed by atoms with van der Waals surface area (Å²) in [6.45, 7) is 5.97. The molecule has 1 aliphatic heterocycles. The van der Waals surface area contributed by atoms with Crippen molar-refractivity contribution in [3.63, 3.8) is 0 Å². The third-order valence-electron chi connectivity index (χ3n) is 4.96. The lowest BCUT2D eigenvalue weighted by molar-refractivity contribution is -0.157. The van der Waals surface area contributed by atoms with Crippen molar-refractivity contribution in [1.29, 1.82) is 0 Å². The molecule has 2 heterocycles. The van der Waals surface area contributed by atoms with Crippen molar-refractivity contribution >= 4 is 5.91 Å². The van der Waals surface area contributed by atoms with E-state index in [4.69, 9.17) is 4.74 Å². The molecule has 3 atom stereocenters. The van der Waals surface area contributed by atoms with E-state index in [1.165, 1.54) is 12.1 Å². The molecular weight excluding hydrogens is 357 g/mol. The number of amides is 1. The number of aromatic nitrogens is 1. The molecule has 6 heteroatoms. The Morgan fingerprint density at radius 1 is 1.29 bits per heavy atom. The normalized spacial score (nSPS) is 21.3. The van der Waals surface area contributed by atoms with Gasteiger partial charge < -0.3 is 14.5 Å². The predicted molar refractivity (Wildman–Crippen MR) is 106 cm³/mol. The van der Waals surface area contributed by atoms with Crippen molar-refractivity contribution in [2.24, 2.45) is 0 Å². The van der Waals surface area contributed by atoms with E-state index in [-0.39, 0.29) is 23.9 Å². The largest absolute Gasteiger partial charge is 0.363 e. The Bertz CT molecular complexity index is 759. The van der Waals surface area contributed by atoms with Gasteiger partial charge >= 0.3 is 0 Å². The lowest BCUT2D eigenvalue weighted by atomic mass is 9.97. The van der Waals surface area contributed by atoms with Crippen LogP contribution in [-0.4, -0.2) is 59.6 Å². The number of hydrogen-bond acceptors (Lipinski definition) is 4. The van der Waals surface area contributed by atoms with Gasteiger partial charge in [-0.15, -0.1) is 0 Å². The van der Waals surface area contributed by atoms with E-state index in [1.807, 2.05) is 37.9 Å². The van der Waals surface area contributed by atoms with Crippen LogP contribution in [-0.2, 0) is 9.53 Å². The first kappa shape index (κ1) is 20.4. The Balaban J connectivity index is 1.98. The molecule has 5 nitrogen and oxygen atoms in total. The summed E-state index contributed by atoms with van der Waals surface area (Å²) in [4.78, 5) is 21.7. The molecule has 1 aliphatic rings. The van der Waals surface area contributed by atoms with Crippen LogP contribution in [0.3, 0.4) is 0 Å². The molecule has 1 aromatic heterocycles. The summed E-state index contributed by atoms with van der Waals surface area (Å²) < 4.78 is 19.5. The quantitative estimate of drug-likeness (QED) is 0.766. The Kier molecular flexibility index (Phi) is 6.75. The SMILES string of the molecule is CCCN(C(=O)[C@@H]1CN(C)C[C@H](C)O1)C(c1ccc(F)cc1)c1cccnc1. The highest BCUT2D eigenvalue weighted by Gasteiger charge is 2.35. The van der Waals surface area contributed by atoms with E-state index in [0.717, 1.165) is 24.1 Å². The van der Waals surface area contributed by atoms with Crippen LogP contribution in [0.4, 0.5) is 4.39 Å². The Morgan fingerprint density at radius 2 is 2.04 bits per heavy atom. The molecule has 0 N–H and O–H groups in total. The molecule has 1 unspecified atom stereocenters. The van der Waals surface area contributed by atoms with Crippen molar-refractivity contribution in [3.8, 4) is 0 Å². The van der Waals surface area contributed by atoms with Crippen LogP contribution in [0.25, 0.3) is 0 Å². The van der Waals surface area contributed by atoms with Crippen molar-refractivity contribution in [1.82, 2.24) is 14.8 Å². The smallest absolute Gasteiger partial charge is 0.253 e. The number of morpholine rings is 1. The van der Waals surface area contributed by atoms with Gasteiger partial charge in [0.05, 0.1) is 12.1 Å². The van der Waals surface area contributed by atoms with Gasteiger partial charge in [-0.2, -0.15) is 0 Å². The summed E-state index contributed by atoms with van der Waals surface area (Å²) in [7, 11) is 2.00. The van der Waals surface area contributed by atoms with Gasteiger partial charge in [-0.1, -0.05) is 25.1 Å². The van der Waals surface area contributed by atoms with Gasteiger partial charge in [0.25, 0.3) is 5.91 Å². The van der Waals surface area contributed by atoms with E-state index in [0.29, 0.717) is 13.1 Å². The number of carbonyl (C=O) groups excluding carboxylic acids is 1. The third kappa shape index (κ3) is 4.75. The van der Waals surface area contributed by atoms with Crippen LogP contribution >= 0.6 is 0 Å². The first-order valence-corrected chi connectivity index (χ1v) is 9.79. The highest BCUT2D eigenvalue weighted by atomic mass is 19.1. The first-order chi connectivity index (χ1) is 13.5. The van der Waals surface area contributed by atoms with E-state index in [2.05, 4.69) is 9.88 Å². The third-order valence-corrected chi connectivity index (χ3v) is 4.96. The molecule has 0 aliphatic carbocycles. The maximum atomic E-state index is 13.5. The zero-order valence-corrected chi connectivity index (χ0v) is 16.7. The molecule has 28 heavy (non-hydrogen) atoms. The number of carbonyl (C=O) groups is 1. The molecule has 3 rings (SSSR count). The number of hydrogen-bond donors (Lipinski definition) is 0. The van der Waals surface area contributed by atoms with Crippen LogP contribution in [0.1, 0.15) is 37.4 Å². The molecule has 1 amide bonds. The van der Waals surface area contributed by atoms with Crippen LogP contribution < -0.4 is 0 Å². The minimum Gasteiger partial charge on any atom is -0.363 e. The van der Waals surface area contributed by atoms with Gasteiger partial charge in [0.1, 0.15) is 11.9 Å². The van der Waals surface area contributed by atoms with Gasteiger partial charge in [0.2, 0.25) is 0 Å². The van der Waals surface area contributed by atoms with Crippen molar-refractivity contribution in [2.75, 3.05) is 26.7 Å². The number of rotatable bonds is 6. The number of benzene rings is 1. The lowest BCUT2D eigenvalue weighted by Crippen LogP contribution is -2.53. The van der Waals surface area contributed by atoms with Crippen LogP contribution in [0.2, 0.25) is 0 Å². The predicted octanol–water partition coefficient (Wildman–Crippen LogP) is 3.27. The van der Waals surface area contributed by atoms with Crippen LogP contribution in [0.15, 0.2) is 48.8 Å². The summed E-state index contributed by atoms with van der Waals surface area (Å²) in [5, 5.41) is 0. The fourth-order valence-corrected chi connectivity index (χ4v) is 3.83. The van der Waals surface area contributed by atoms with Gasteiger partial charge in [-0.3, -0.25) is 9.78 Å². The summed E-state index contributed by atoms with van der Waals surface area (Å²) in [6.07, 6.45) is 3.76. The van der Waals surface area contributed by atoms with Crippen molar-refractivity contribution in [3.05, 3.63) is 65.7 Å². The highest BCUT2D eigenvalue weighted by Crippen LogP contribution is 2.30. The minimum absolute atomic E-state index is 0.00107. The fraction of sp³-hybridized carbons (Fsp3) is 0.455. The summed E-state index contributed by atoms with van der Waals surface area (Å²) >= 11 is 0. The van der Waals surface area contributed by atoms with E-state index in [9.17, 15) is 9.18 Å². The Labute approximate surface area is 166 Å². The molecule has 0 bridgehead atoms. The van der Waals surface area contributed by atoms with Gasteiger partial charge in [0.15, 0.2) is 0 Å². The second-order valence-electron chi connectivity index (χ2n) is 7.43. The maximum Gasteiger partial charge on any atom is 0.253 e. The first-order valence-electron chi connectivity index (χ1n) is 9.79. The molecule has 1 fully saturated rings. The van der Waals surface area contributed by atoms with Crippen LogP contribution in [0, 0.1) is 5.82 Å². The molecule has 0 spiro atoms. The second-order valence-corrected chi connectivity index (χ2v) is 7.43. The minimum atomic E-state index is -0.514. The van der Waals surface area contributed by atoms with E-state index in [1.54, 1.807) is 24.5 Å². The Morgan fingerprint density at radius 3 is 2.64 bits per heavy atom. The number of nitrogens with zero attached hydrogens (tertiary/aromatic N) is 3. The van der Waals surface area contributed by atoms with E-state index >= 15 is 0 Å². The van der Waals surface area contributed by atoms with Gasteiger partial charge in [-0.05, 0) is 49.7 Å². The molecule has 1 aromatic carbocycles. The number of pyridine rings is 1. The molecule has 0 radical (unpaired) electrons. The zero-order chi connectivity index (χ0) is 20.1. The molecule has 150 valence electrons. The molecule has 0 saturated carbocycles. The Hall–Kier alpha value is -2.31. The zero-order valence-electron chi connectivity index (χ0n) is 16.7. The monoisotopic (exact) mass is 385 g/mol. The standard InChI is InChI=1S/C22H28FN3O2/c1-4-12-26(22(27)20-15-25(3)14-16(2)28-20)21(18-6-5-11-24-13-18)17-7-9-19(23)10-8-17/h5-11,13,16,20-21H,4,12,14-15H2,1-3H3/t16-,20-,21?/m0/s1. The lowest BCUT2D eigenvalue weighted by Gasteiger charge is -2.39. The van der Waals surface area contributed by atoms with Gasteiger partial charge in [0, 0.05) is 32.0 Å². The maximum absolute atomic E-state index is 13.5. The highest BCUT2D eigenvalue weighted by molar-refractivity contribution is 5.82. The van der Waals surface area contributed by atoms with Crippen molar-refractivity contribution < 1.29 is 13.9 Å². The topological polar surface area (TPSA) is 45.7 Å². The van der Waals surface area contributed by atoms with E-state index < -0.39 is 6.10 Å². The second kappa shape index (κ2) is 9.26. The average Bonchev–Trinajstić information content (AvgIpc) is 2.68. The summed E-state index contributed by atoms with van der Waals surface area (Å²) in [5.41, 5.74) is 1.75. The summed E-state index contributed by atoms with van der Waals surface area (Å²) in [6, 6.07) is 9.80.